The minimum absolute atomic E-state index is 0.364. The van der Waals surface area contributed by atoms with Crippen molar-refractivity contribution < 1.29 is 13.2 Å². The first kappa shape index (κ1) is 19.2. The van der Waals surface area contributed by atoms with Gasteiger partial charge in [-0.3, -0.25) is 9.52 Å². The van der Waals surface area contributed by atoms with Crippen LogP contribution >= 0.6 is 0 Å². The van der Waals surface area contributed by atoms with Crippen LogP contribution in [0.5, 0.6) is 0 Å². The van der Waals surface area contributed by atoms with Gasteiger partial charge >= 0.3 is 0 Å². The zero-order valence-corrected chi connectivity index (χ0v) is 17.6. The summed E-state index contributed by atoms with van der Waals surface area (Å²) in [5, 5.41) is 4.71. The van der Waals surface area contributed by atoms with E-state index in [9.17, 15) is 13.2 Å². The predicted octanol–water partition coefficient (Wildman–Crippen LogP) is 4.04. The zero-order valence-electron chi connectivity index (χ0n) is 16.7. The van der Waals surface area contributed by atoms with E-state index in [0.717, 1.165) is 24.3 Å². The van der Waals surface area contributed by atoms with E-state index in [1.165, 1.54) is 54.3 Å². The van der Waals surface area contributed by atoms with Crippen LogP contribution in [-0.2, 0) is 17.4 Å². The highest BCUT2D eigenvalue weighted by molar-refractivity contribution is 7.71. The van der Waals surface area contributed by atoms with Crippen molar-refractivity contribution in [2.45, 2.75) is 44.6 Å². The lowest BCUT2D eigenvalue weighted by Gasteiger charge is -2.23. The van der Waals surface area contributed by atoms with Gasteiger partial charge in [0.1, 0.15) is 0 Å². The van der Waals surface area contributed by atoms with Gasteiger partial charge in [0.2, 0.25) is 10.9 Å². The number of benzene rings is 2. The summed E-state index contributed by atoms with van der Waals surface area (Å²) in [6, 6.07) is 14.0. The Hall–Kier alpha value is -2.80. The molecule has 156 valence electrons. The molecule has 7 heteroatoms. The Morgan fingerprint density at radius 3 is 2.67 bits per heavy atom. The summed E-state index contributed by atoms with van der Waals surface area (Å²) in [7, 11) is -2.98. The largest absolute Gasteiger partial charge is 0.383 e. The Bertz CT molecular complexity index is 1200. The number of amides is 1. The topological polar surface area (TPSA) is 80.2 Å². The molecule has 30 heavy (non-hydrogen) atoms. The first-order chi connectivity index (χ1) is 14.6. The second kappa shape index (κ2) is 7.80. The molecule has 2 aromatic carbocycles. The SMILES string of the molecule is O=C(N[SH](=O)=O)c1ccc2c(C3CCCCC3)c3n(c2c1)CCNc1ccccc1-3. The summed E-state index contributed by atoms with van der Waals surface area (Å²) in [4.78, 5) is 12.3. The van der Waals surface area contributed by atoms with Gasteiger partial charge in [-0.2, -0.15) is 0 Å². The molecule has 1 aromatic heterocycles. The third-order valence-electron chi connectivity index (χ3n) is 6.41. The standard InChI is InChI=1S/C23H25N3O3S/c27-23(25-30(28)29)16-10-11-18-20(14-16)26-13-12-24-19-9-5-4-8-17(19)22(26)21(18)15-6-2-1-3-7-15/h4-5,8-11,14-15,24,30H,1-3,6-7,12-13H2,(H,25,27,28,29). The highest BCUT2D eigenvalue weighted by Crippen LogP contribution is 2.46. The van der Waals surface area contributed by atoms with E-state index in [4.69, 9.17) is 0 Å². The molecule has 0 radical (unpaired) electrons. The number of carbonyl (C=O) groups excluding carboxylic acids is 1. The normalized spacial score (nSPS) is 16.6. The molecule has 0 unspecified atom stereocenters. The van der Waals surface area contributed by atoms with E-state index < -0.39 is 16.8 Å². The molecule has 2 aliphatic rings. The van der Waals surface area contributed by atoms with Crippen molar-refractivity contribution >= 4 is 33.4 Å². The van der Waals surface area contributed by atoms with Crippen LogP contribution in [-0.4, -0.2) is 25.4 Å². The van der Waals surface area contributed by atoms with E-state index in [-0.39, 0.29) is 0 Å². The molecule has 1 aliphatic carbocycles. The molecule has 0 saturated heterocycles. The summed E-state index contributed by atoms with van der Waals surface area (Å²) in [6.07, 6.45) is 6.14. The molecule has 1 aliphatic heterocycles. The molecule has 0 spiro atoms. The zero-order chi connectivity index (χ0) is 20.7. The number of carbonyl (C=O) groups is 1. The van der Waals surface area contributed by atoms with E-state index in [0.29, 0.717) is 11.5 Å². The molecule has 5 rings (SSSR count). The summed E-state index contributed by atoms with van der Waals surface area (Å²) < 4.78 is 26.2. The second-order valence-corrected chi connectivity index (χ2v) is 8.89. The van der Waals surface area contributed by atoms with Crippen molar-refractivity contribution in [3.8, 4) is 11.3 Å². The summed E-state index contributed by atoms with van der Waals surface area (Å²) >= 11 is 0. The number of nitrogens with zero attached hydrogens (tertiary/aromatic N) is 1. The van der Waals surface area contributed by atoms with Gasteiger partial charge in [0.15, 0.2) is 0 Å². The Morgan fingerprint density at radius 1 is 1.07 bits per heavy atom. The average Bonchev–Trinajstić information content (AvgIpc) is 2.95. The average molecular weight is 424 g/mol. The highest BCUT2D eigenvalue weighted by Gasteiger charge is 2.28. The fraction of sp³-hybridized carbons (Fsp3) is 0.348. The summed E-state index contributed by atoms with van der Waals surface area (Å²) in [6.45, 7) is 1.58. The van der Waals surface area contributed by atoms with Crippen LogP contribution in [0.3, 0.4) is 0 Å². The smallest absolute Gasteiger partial charge is 0.264 e. The lowest BCUT2D eigenvalue weighted by molar-refractivity contribution is 0.0982. The predicted molar refractivity (Wildman–Crippen MR) is 119 cm³/mol. The van der Waals surface area contributed by atoms with Crippen LogP contribution in [0.25, 0.3) is 22.2 Å². The van der Waals surface area contributed by atoms with E-state index in [2.05, 4.69) is 34.1 Å². The number of anilines is 1. The van der Waals surface area contributed by atoms with Crippen molar-refractivity contribution in [1.29, 1.82) is 0 Å². The first-order valence-electron chi connectivity index (χ1n) is 10.6. The fourth-order valence-corrected chi connectivity index (χ4v) is 5.43. The quantitative estimate of drug-likeness (QED) is 0.556. The number of fused-ring (bicyclic) bond motifs is 5. The number of hydrogen-bond acceptors (Lipinski definition) is 4. The molecule has 1 fully saturated rings. The van der Waals surface area contributed by atoms with Crippen LogP contribution in [0.15, 0.2) is 42.5 Å². The van der Waals surface area contributed by atoms with Gasteiger partial charge < -0.3 is 9.88 Å². The van der Waals surface area contributed by atoms with Crippen molar-refractivity contribution in [2.24, 2.45) is 0 Å². The molecule has 2 heterocycles. The molecule has 0 bridgehead atoms. The molecule has 2 N–H and O–H groups in total. The van der Waals surface area contributed by atoms with Gasteiger partial charge in [-0.25, -0.2) is 8.42 Å². The molecule has 1 amide bonds. The van der Waals surface area contributed by atoms with Crippen LogP contribution in [0.2, 0.25) is 0 Å². The third kappa shape index (κ3) is 3.27. The highest BCUT2D eigenvalue weighted by atomic mass is 32.2. The lowest BCUT2D eigenvalue weighted by Crippen LogP contribution is -2.21. The van der Waals surface area contributed by atoms with Crippen molar-refractivity contribution in [3.05, 3.63) is 53.6 Å². The number of para-hydroxylation sites is 1. The van der Waals surface area contributed by atoms with E-state index in [1.807, 2.05) is 16.9 Å². The summed E-state index contributed by atoms with van der Waals surface area (Å²) in [5.41, 5.74) is 6.31. The van der Waals surface area contributed by atoms with Gasteiger partial charge in [0, 0.05) is 40.8 Å². The minimum Gasteiger partial charge on any atom is -0.383 e. The minimum atomic E-state index is -2.98. The van der Waals surface area contributed by atoms with Gasteiger partial charge in [0.25, 0.3) is 5.91 Å². The maximum atomic E-state index is 12.3. The van der Waals surface area contributed by atoms with Crippen molar-refractivity contribution in [1.82, 2.24) is 9.29 Å². The second-order valence-electron chi connectivity index (χ2n) is 8.15. The molecular formula is C23H25N3O3S. The molecule has 3 aromatic rings. The third-order valence-corrected chi connectivity index (χ3v) is 6.79. The van der Waals surface area contributed by atoms with Gasteiger partial charge in [-0.1, -0.05) is 43.5 Å². The number of aromatic nitrogens is 1. The van der Waals surface area contributed by atoms with Crippen molar-refractivity contribution in [3.63, 3.8) is 0 Å². The number of hydrogen-bond donors (Lipinski definition) is 3. The van der Waals surface area contributed by atoms with Crippen LogP contribution in [0, 0.1) is 0 Å². The Kier molecular flexibility index (Phi) is 4.98. The molecule has 6 nitrogen and oxygen atoms in total. The Balaban J connectivity index is 1.77. The maximum Gasteiger partial charge on any atom is 0.264 e. The lowest BCUT2D eigenvalue weighted by atomic mass is 9.81. The van der Waals surface area contributed by atoms with Gasteiger partial charge in [0.05, 0.1) is 5.69 Å². The van der Waals surface area contributed by atoms with E-state index in [1.54, 1.807) is 6.07 Å². The molecule has 1 saturated carbocycles. The Labute approximate surface area is 177 Å². The van der Waals surface area contributed by atoms with Crippen LogP contribution in [0.4, 0.5) is 5.69 Å². The Morgan fingerprint density at radius 2 is 1.87 bits per heavy atom. The molecular weight excluding hydrogens is 398 g/mol. The van der Waals surface area contributed by atoms with Crippen molar-refractivity contribution in [2.75, 3.05) is 11.9 Å². The molecule has 0 atom stereocenters. The van der Waals surface area contributed by atoms with Gasteiger partial charge in [-0.15, -0.1) is 0 Å². The maximum absolute atomic E-state index is 12.3. The number of thiol groups is 1. The van der Waals surface area contributed by atoms with Crippen LogP contribution in [0.1, 0.15) is 53.9 Å². The summed E-state index contributed by atoms with van der Waals surface area (Å²) in [5.74, 6) is -0.0885. The fourth-order valence-electron chi connectivity index (χ4n) is 5.14. The van der Waals surface area contributed by atoms with E-state index >= 15 is 0 Å². The van der Waals surface area contributed by atoms with Gasteiger partial charge in [-0.05, 0) is 42.5 Å². The first-order valence-corrected chi connectivity index (χ1v) is 11.8. The number of nitrogens with one attached hydrogen (secondary N) is 2. The number of rotatable bonds is 3. The van der Waals surface area contributed by atoms with Crippen LogP contribution < -0.4 is 10.0 Å². The monoisotopic (exact) mass is 423 g/mol.